The van der Waals surface area contributed by atoms with Gasteiger partial charge in [0.1, 0.15) is 0 Å². The Bertz CT molecular complexity index is 693. The number of amides is 2. The molecule has 8 heteroatoms. The number of aromatic amines is 1. The van der Waals surface area contributed by atoms with Gasteiger partial charge in [0.05, 0.1) is 23.2 Å². The largest absolute Gasteiger partial charge is 0.334 e. The third kappa shape index (κ3) is 3.58. The molecule has 2 atom stereocenters. The second-order valence-corrected chi connectivity index (χ2v) is 9.18. The van der Waals surface area contributed by atoms with E-state index in [1.807, 2.05) is 18.7 Å². The number of urea groups is 1. The first-order valence-corrected chi connectivity index (χ1v) is 10.5. The maximum Gasteiger partial charge on any atom is 0.318 e. The van der Waals surface area contributed by atoms with Crippen LogP contribution in [-0.2, 0) is 9.84 Å². The molecule has 0 spiro atoms. The summed E-state index contributed by atoms with van der Waals surface area (Å²) in [5, 5.41) is 10.2. The fraction of sp³-hybridized carbons (Fsp3) is 0.750. The second-order valence-electron chi connectivity index (χ2n) is 6.96. The average Bonchev–Trinajstić information content (AvgIpc) is 2.91. The van der Waals surface area contributed by atoms with Gasteiger partial charge in [-0.25, -0.2) is 13.2 Å². The summed E-state index contributed by atoms with van der Waals surface area (Å²) in [6.07, 6.45) is 4.58. The number of rotatable bonds is 2. The van der Waals surface area contributed by atoms with Crippen molar-refractivity contribution in [3.63, 3.8) is 0 Å². The lowest BCUT2D eigenvalue weighted by Gasteiger charge is -2.31. The molecule has 0 aliphatic carbocycles. The zero-order valence-corrected chi connectivity index (χ0v) is 15.2. The molecule has 2 fully saturated rings. The van der Waals surface area contributed by atoms with Crippen LogP contribution >= 0.6 is 0 Å². The van der Waals surface area contributed by atoms with Gasteiger partial charge in [-0.3, -0.25) is 5.10 Å². The van der Waals surface area contributed by atoms with Gasteiger partial charge < -0.3 is 10.2 Å². The van der Waals surface area contributed by atoms with E-state index in [4.69, 9.17) is 0 Å². The lowest BCUT2D eigenvalue weighted by atomic mass is 9.99. The van der Waals surface area contributed by atoms with E-state index in [9.17, 15) is 13.2 Å². The summed E-state index contributed by atoms with van der Waals surface area (Å²) in [6.45, 7) is 4.64. The first-order chi connectivity index (χ1) is 11.4. The maximum atomic E-state index is 12.8. The highest BCUT2D eigenvalue weighted by Gasteiger charge is 2.34. The van der Waals surface area contributed by atoms with Crippen LogP contribution in [-0.4, -0.2) is 53.6 Å². The summed E-state index contributed by atoms with van der Waals surface area (Å²) in [7, 11) is -3.00. The molecule has 7 nitrogen and oxygen atoms in total. The highest BCUT2D eigenvalue weighted by atomic mass is 32.2. The Morgan fingerprint density at radius 2 is 2.04 bits per heavy atom. The summed E-state index contributed by atoms with van der Waals surface area (Å²) in [5.74, 6) is 0.225. The zero-order valence-electron chi connectivity index (χ0n) is 14.3. The van der Waals surface area contributed by atoms with Crippen molar-refractivity contribution in [3.05, 3.63) is 17.0 Å². The predicted octanol–water partition coefficient (Wildman–Crippen LogP) is 1.84. The molecule has 1 aromatic rings. The molecule has 0 aromatic carbocycles. The predicted molar refractivity (Wildman–Crippen MR) is 91.6 cm³/mol. The molecular weight excluding hydrogens is 328 g/mol. The molecule has 0 radical (unpaired) electrons. The number of hydrogen-bond acceptors (Lipinski definition) is 4. The summed E-state index contributed by atoms with van der Waals surface area (Å²) < 4.78 is 23.2. The number of aromatic nitrogens is 2. The van der Waals surface area contributed by atoms with Gasteiger partial charge in [0.2, 0.25) is 0 Å². The Hall–Kier alpha value is -1.57. The van der Waals surface area contributed by atoms with Crippen molar-refractivity contribution in [1.82, 2.24) is 20.4 Å². The number of hydrogen-bond donors (Lipinski definition) is 2. The van der Waals surface area contributed by atoms with Crippen LogP contribution < -0.4 is 5.32 Å². The minimum atomic E-state index is -3.00. The fourth-order valence-electron chi connectivity index (χ4n) is 3.87. The Morgan fingerprint density at radius 1 is 1.25 bits per heavy atom. The maximum absolute atomic E-state index is 12.8. The van der Waals surface area contributed by atoms with Gasteiger partial charge in [-0.15, -0.1) is 0 Å². The van der Waals surface area contributed by atoms with Gasteiger partial charge in [0.15, 0.2) is 9.84 Å². The van der Waals surface area contributed by atoms with E-state index in [0.29, 0.717) is 13.0 Å². The first kappa shape index (κ1) is 17.3. The van der Waals surface area contributed by atoms with Crippen LogP contribution in [0.3, 0.4) is 0 Å². The fourth-order valence-corrected chi connectivity index (χ4v) is 5.54. The van der Waals surface area contributed by atoms with Crippen molar-refractivity contribution in [2.45, 2.75) is 58.0 Å². The number of H-pyrrole nitrogens is 1. The summed E-state index contributed by atoms with van der Waals surface area (Å²) in [5.41, 5.74) is 3.03. The molecule has 2 N–H and O–H groups in total. The molecule has 2 amide bonds. The van der Waals surface area contributed by atoms with Gasteiger partial charge >= 0.3 is 6.03 Å². The van der Waals surface area contributed by atoms with Crippen LogP contribution in [0.25, 0.3) is 0 Å². The molecule has 0 saturated carbocycles. The van der Waals surface area contributed by atoms with Crippen LogP contribution in [0.2, 0.25) is 0 Å². The third-order valence-corrected chi connectivity index (χ3v) is 6.86. The highest BCUT2D eigenvalue weighted by molar-refractivity contribution is 7.91. The van der Waals surface area contributed by atoms with Crippen molar-refractivity contribution in [2.75, 3.05) is 18.1 Å². The SMILES string of the molecule is Cc1n[nH]c(C)c1[C@@H]1CCCCCN1C(=O)N[C@H]1CCS(=O)(=O)C1. The molecule has 2 aliphatic heterocycles. The number of aryl methyl sites for hydroxylation is 2. The van der Waals surface area contributed by atoms with Crippen molar-refractivity contribution < 1.29 is 13.2 Å². The van der Waals surface area contributed by atoms with Crippen molar-refractivity contribution >= 4 is 15.9 Å². The standard InChI is InChI=1S/C16H26N4O3S/c1-11-15(12(2)19-18-11)14-6-4-3-5-8-20(14)16(21)17-13-7-9-24(22,23)10-13/h13-14H,3-10H2,1-2H3,(H,17,21)(H,18,19)/t13-,14-/m0/s1. The Labute approximate surface area is 143 Å². The minimum absolute atomic E-state index is 0.00394. The van der Waals surface area contributed by atoms with E-state index < -0.39 is 9.84 Å². The smallest absolute Gasteiger partial charge is 0.318 e. The number of nitrogens with zero attached hydrogens (tertiary/aromatic N) is 2. The molecule has 24 heavy (non-hydrogen) atoms. The van der Waals surface area contributed by atoms with Gasteiger partial charge in [-0.1, -0.05) is 12.8 Å². The molecule has 2 saturated heterocycles. The van der Waals surface area contributed by atoms with E-state index in [0.717, 1.165) is 42.6 Å². The lowest BCUT2D eigenvalue weighted by Crippen LogP contribution is -2.47. The number of carbonyl (C=O) groups is 1. The average molecular weight is 354 g/mol. The molecule has 0 unspecified atom stereocenters. The van der Waals surface area contributed by atoms with Crippen LogP contribution in [0.15, 0.2) is 0 Å². The monoisotopic (exact) mass is 354 g/mol. The van der Waals surface area contributed by atoms with E-state index in [2.05, 4.69) is 15.5 Å². The minimum Gasteiger partial charge on any atom is -0.334 e. The Morgan fingerprint density at radius 3 is 2.67 bits per heavy atom. The molecule has 3 heterocycles. The number of nitrogens with one attached hydrogen (secondary N) is 2. The molecule has 3 rings (SSSR count). The van der Waals surface area contributed by atoms with Crippen LogP contribution in [0.1, 0.15) is 55.1 Å². The van der Waals surface area contributed by atoms with Gasteiger partial charge in [0, 0.05) is 23.8 Å². The number of sulfone groups is 1. The van der Waals surface area contributed by atoms with Crippen molar-refractivity contribution in [2.24, 2.45) is 0 Å². The summed E-state index contributed by atoms with van der Waals surface area (Å²) in [4.78, 5) is 14.7. The molecule has 1 aromatic heterocycles. The molecule has 0 bridgehead atoms. The van der Waals surface area contributed by atoms with Gasteiger partial charge in [-0.2, -0.15) is 5.10 Å². The van der Waals surface area contributed by atoms with Crippen LogP contribution in [0.5, 0.6) is 0 Å². The van der Waals surface area contributed by atoms with E-state index in [1.165, 1.54) is 0 Å². The Balaban J connectivity index is 1.78. The first-order valence-electron chi connectivity index (χ1n) is 8.66. The van der Waals surface area contributed by atoms with Crippen molar-refractivity contribution in [3.8, 4) is 0 Å². The highest BCUT2D eigenvalue weighted by Crippen LogP contribution is 2.33. The molecular formula is C16H26N4O3S. The lowest BCUT2D eigenvalue weighted by molar-refractivity contribution is 0.172. The molecule has 134 valence electrons. The second kappa shape index (κ2) is 6.74. The van der Waals surface area contributed by atoms with Crippen LogP contribution in [0.4, 0.5) is 4.79 Å². The molecule has 2 aliphatic rings. The third-order valence-electron chi connectivity index (χ3n) is 5.09. The topological polar surface area (TPSA) is 95.2 Å². The van der Waals surface area contributed by atoms with E-state index in [1.54, 1.807) is 0 Å². The van der Waals surface area contributed by atoms with Crippen molar-refractivity contribution in [1.29, 1.82) is 0 Å². The quantitative estimate of drug-likeness (QED) is 0.847. The zero-order chi connectivity index (χ0) is 17.3. The van der Waals surface area contributed by atoms with Gasteiger partial charge in [0.25, 0.3) is 0 Å². The van der Waals surface area contributed by atoms with E-state index >= 15 is 0 Å². The number of likely N-dealkylation sites (tertiary alicyclic amines) is 1. The number of carbonyl (C=O) groups excluding carboxylic acids is 1. The summed E-state index contributed by atoms with van der Waals surface area (Å²) in [6, 6.07) is -0.411. The summed E-state index contributed by atoms with van der Waals surface area (Å²) >= 11 is 0. The van der Waals surface area contributed by atoms with E-state index in [-0.39, 0.29) is 29.6 Å². The van der Waals surface area contributed by atoms with Crippen LogP contribution in [0, 0.1) is 13.8 Å². The Kier molecular flexibility index (Phi) is 4.85. The normalized spacial score (nSPS) is 27.0. The van der Waals surface area contributed by atoms with Gasteiger partial charge in [-0.05, 0) is 33.1 Å².